The predicted molar refractivity (Wildman–Crippen MR) is 67.0 cm³/mol. The Bertz CT molecular complexity index is 651. The molecule has 5 heteroatoms. The predicted octanol–water partition coefficient (Wildman–Crippen LogP) is 2.16. The molecule has 1 radical (unpaired) electrons. The Labute approximate surface area is 103 Å². The lowest BCUT2D eigenvalue weighted by Crippen LogP contribution is -2.18. The number of nitro benzene ring substituents is 1. The Hall–Kier alpha value is -2.43. The third-order valence-electron chi connectivity index (χ3n) is 2.68. The van der Waals surface area contributed by atoms with Gasteiger partial charge >= 0.3 is 0 Å². The summed E-state index contributed by atoms with van der Waals surface area (Å²) in [6.45, 7) is 3.49. The molecule has 18 heavy (non-hydrogen) atoms. The molecule has 0 spiro atoms. The Morgan fingerprint density at radius 3 is 2.39 bits per heavy atom. The Morgan fingerprint density at radius 2 is 1.89 bits per heavy atom. The molecule has 0 unspecified atom stereocenters. The molecule has 1 aromatic heterocycles. The number of rotatable bonds is 2. The van der Waals surface area contributed by atoms with Crippen molar-refractivity contribution in [3.63, 3.8) is 0 Å². The van der Waals surface area contributed by atoms with Gasteiger partial charge in [0.1, 0.15) is 0 Å². The standard InChI is InChI=1S/C13H11N2O3/c1-9-7-11(15(17)18)8-10(2)13(9)14-6-4-3-5-12(14)16/h3-4,6-8H,1-2H3. The second-order valence-electron chi connectivity index (χ2n) is 4.01. The van der Waals surface area contributed by atoms with E-state index in [-0.39, 0.29) is 11.2 Å². The molecule has 0 aliphatic carbocycles. The maximum Gasteiger partial charge on any atom is 0.270 e. The van der Waals surface area contributed by atoms with E-state index >= 15 is 0 Å². The molecule has 1 heterocycles. The Kier molecular flexibility index (Phi) is 2.97. The number of aryl methyl sites for hydroxylation is 2. The number of hydrogen-bond acceptors (Lipinski definition) is 3. The zero-order chi connectivity index (χ0) is 13.3. The van der Waals surface area contributed by atoms with Gasteiger partial charge in [0.15, 0.2) is 0 Å². The van der Waals surface area contributed by atoms with Gasteiger partial charge in [-0.25, -0.2) is 0 Å². The fraction of sp³-hybridized carbons (Fsp3) is 0.154. The maximum atomic E-state index is 11.7. The van der Waals surface area contributed by atoms with Crippen LogP contribution in [-0.4, -0.2) is 9.49 Å². The van der Waals surface area contributed by atoms with E-state index in [0.29, 0.717) is 16.8 Å². The normalized spacial score (nSPS) is 10.3. The average Bonchev–Trinajstić information content (AvgIpc) is 2.30. The fourth-order valence-corrected chi connectivity index (χ4v) is 1.98. The lowest BCUT2D eigenvalue weighted by Gasteiger charge is -2.11. The number of nitro groups is 1. The van der Waals surface area contributed by atoms with Crippen molar-refractivity contribution < 1.29 is 4.92 Å². The largest absolute Gasteiger partial charge is 0.283 e. The molecular formula is C13H11N2O3. The average molecular weight is 243 g/mol. The van der Waals surface area contributed by atoms with Gasteiger partial charge in [0, 0.05) is 18.3 Å². The molecule has 2 rings (SSSR count). The van der Waals surface area contributed by atoms with Gasteiger partial charge in [-0.2, -0.15) is 0 Å². The van der Waals surface area contributed by atoms with Crippen LogP contribution in [0.3, 0.4) is 0 Å². The first kappa shape index (κ1) is 12.0. The van der Waals surface area contributed by atoms with E-state index in [1.54, 1.807) is 26.1 Å². The number of pyridine rings is 1. The smallest absolute Gasteiger partial charge is 0.270 e. The van der Waals surface area contributed by atoms with E-state index in [1.165, 1.54) is 22.8 Å². The van der Waals surface area contributed by atoms with Crippen LogP contribution in [0, 0.1) is 30.0 Å². The Balaban J connectivity index is 2.71. The summed E-state index contributed by atoms with van der Waals surface area (Å²) < 4.78 is 1.44. The van der Waals surface area contributed by atoms with Crippen LogP contribution in [0.15, 0.2) is 35.3 Å². The van der Waals surface area contributed by atoms with Crippen molar-refractivity contribution in [2.75, 3.05) is 0 Å². The van der Waals surface area contributed by atoms with Crippen LogP contribution in [0.2, 0.25) is 0 Å². The van der Waals surface area contributed by atoms with Crippen molar-refractivity contribution in [2.45, 2.75) is 13.8 Å². The topological polar surface area (TPSA) is 65.1 Å². The number of aromatic nitrogens is 1. The monoisotopic (exact) mass is 243 g/mol. The minimum atomic E-state index is -0.441. The fourth-order valence-electron chi connectivity index (χ4n) is 1.98. The highest BCUT2D eigenvalue weighted by Crippen LogP contribution is 2.23. The first-order valence-electron chi connectivity index (χ1n) is 5.36. The summed E-state index contributed by atoms with van der Waals surface area (Å²) in [4.78, 5) is 22.0. The van der Waals surface area contributed by atoms with Crippen molar-refractivity contribution in [3.05, 3.63) is 68.1 Å². The maximum absolute atomic E-state index is 11.7. The number of benzene rings is 1. The van der Waals surface area contributed by atoms with Gasteiger partial charge in [0.2, 0.25) is 0 Å². The summed E-state index contributed by atoms with van der Waals surface area (Å²) in [5.74, 6) is 0. The quantitative estimate of drug-likeness (QED) is 0.599. The van der Waals surface area contributed by atoms with Crippen LogP contribution < -0.4 is 5.56 Å². The van der Waals surface area contributed by atoms with Crippen LogP contribution in [0.1, 0.15) is 11.1 Å². The van der Waals surface area contributed by atoms with Gasteiger partial charge in [0.25, 0.3) is 11.2 Å². The minimum Gasteiger partial charge on any atom is -0.283 e. The van der Waals surface area contributed by atoms with Gasteiger partial charge in [-0.3, -0.25) is 19.5 Å². The van der Waals surface area contributed by atoms with E-state index in [2.05, 4.69) is 6.07 Å². The second kappa shape index (κ2) is 4.44. The lowest BCUT2D eigenvalue weighted by molar-refractivity contribution is -0.384. The molecular weight excluding hydrogens is 232 g/mol. The first-order valence-corrected chi connectivity index (χ1v) is 5.36. The van der Waals surface area contributed by atoms with E-state index in [9.17, 15) is 14.9 Å². The van der Waals surface area contributed by atoms with Crippen molar-refractivity contribution >= 4 is 5.69 Å². The van der Waals surface area contributed by atoms with Crippen LogP contribution in [-0.2, 0) is 0 Å². The van der Waals surface area contributed by atoms with Crippen molar-refractivity contribution in [1.82, 2.24) is 4.57 Å². The highest BCUT2D eigenvalue weighted by atomic mass is 16.6. The zero-order valence-electron chi connectivity index (χ0n) is 10.0. The first-order chi connectivity index (χ1) is 8.50. The second-order valence-corrected chi connectivity index (χ2v) is 4.01. The van der Waals surface area contributed by atoms with Crippen LogP contribution in [0.25, 0.3) is 5.69 Å². The zero-order valence-corrected chi connectivity index (χ0v) is 10.0. The third-order valence-corrected chi connectivity index (χ3v) is 2.68. The van der Waals surface area contributed by atoms with Gasteiger partial charge < -0.3 is 0 Å². The molecule has 0 saturated carbocycles. The van der Waals surface area contributed by atoms with Crippen LogP contribution >= 0.6 is 0 Å². The molecule has 0 bridgehead atoms. The van der Waals surface area contributed by atoms with E-state index in [1.807, 2.05) is 0 Å². The number of nitrogens with zero attached hydrogens (tertiary/aromatic N) is 2. The summed E-state index contributed by atoms with van der Waals surface area (Å²) >= 11 is 0. The third kappa shape index (κ3) is 2.02. The summed E-state index contributed by atoms with van der Waals surface area (Å²) in [5.41, 5.74) is 1.79. The van der Waals surface area contributed by atoms with E-state index in [4.69, 9.17) is 0 Å². The highest BCUT2D eigenvalue weighted by molar-refractivity contribution is 5.53. The van der Waals surface area contributed by atoms with Crippen LogP contribution in [0.4, 0.5) is 5.69 Å². The summed E-state index contributed by atoms with van der Waals surface area (Å²) in [6.07, 6.45) is 1.62. The number of non-ortho nitro benzene ring substituents is 1. The van der Waals surface area contributed by atoms with Crippen LogP contribution in [0.5, 0.6) is 0 Å². The summed E-state index contributed by atoms with van der Waals surface area (Å²) in [7, 11) is 0. The molecule has 0 saturated heterocycles. The molecule has 2 aromatic rings. The van der Waals surface area contributed by atoms with Gasteiger partial charge in [-0.15, -0.1) is 0 Å². The van der Waals surface area contributed by atoms with Gasteiger partial charge in [-0.05, 0) is 37.1 Å². The Morgan fingerprint density at radius 1 is 1.28 bits per heavy atom. The minimum absolute atomic E-state index is 0.0294. The molecule has 1 aromatic carbocycles. The summed E-state index contributed by atoms with van der Waals surface area (Å²) in [5, 5.41) is 10.8. The van der Waals surface area contributed by atoms with Crippen molar-refractivity contribution in [2.24, 2.45) is 0 Å². The van der Waals surface area contributed by atoms with Gasteiger partial charge in [0.05, 0.1) is 16.7 Å². The van der Waals surface area contributed by atoms with Crippen molar-refractivity contribution in [3.8, 4) is 5.69 Å². The molecule has 0 atom stereocenters. The molecule has 0 N–H and O–H groups in total. The molecule has 0 fully saturated rings. The molecule has 0 aliphatic rings. The number of hydrogen-bond donors (Lipinski definition) is 0. The summed E-state index contributed by atoms with van der Waals surface area (Å²) in [6, 6.07) is 8.72. The lowest BCUT2D eigenvalue weighted by atomic mass is 10.1. The van der Waals surface area contributed by atoms with E-state index in [0.717, 1.165) is 0 Å². The molecule has 91 valence electrons. The van der Waals surface area contributed by atoms with E-state index < -0.39 is 4.92 Å². The van der Waals surface area contributed by atoms with Gasteiger partial charge in [-0.1, -0.05) is 0 Å². The molecule has 0 amide bonds. The highest BCUT2D eigenvalue weighted by Gasteiger charge is 2.13. The molecule has 0 aliphatic heterocycles. The molecule has 5 nitrogen and oxygen atoms in total. The SMILES string of the molecule is Cc1cc([N+](=O)[O-])cc(C)c1-n1ccc[c]c1=O. The van der Waals surface area contributed by atoms with Crippen molar-refractivity contribution in [1.29, 1.82) is 0 Å².